The number of rotatable bonds is 2. The van der Waals surface area contributed by atoms with Crippen molar-refractivity contribution in [1.82, 2.24) is 15.0 Å². The van der Waals surface area contributed by atoms with E-state index in [9.17, 15) is 0 Å². The highest BCUT2D eigenvalue weighted by Gasteiger charge is 2.39. The minimum absolute atomic E-state index is 0.516. The van der Waals surface area contributed by atoms with Crippen LogP contribution >= 0.6 is 0 Å². The van der Waals surface area contributed by atoms with Crippen molar-refractivity contribution >= 4 is 11.9 Å². The van der Waals surface area contributed by atoms with Crippen LogP contribution in [0.5, 0.6) is 0 Å². The first-order chi connectivity index (χ1) is 10.5. The lowest BCUT2D eigenvalue weighted by molar-refractivity contribution is -0.159. The molecule has 120 valence electrons. The van der Waals surface area contributed by atoms with Gasteiger partial charge in [0.2, 0.25) is 5.89 Å². The molecule has 4 fully saturated rings. The first-order valence-electron chi connectivity index (χ1n) is 7.56. The summed E-state index contributed by atoms with van der Waals surface area (Å²) in [6.07, 6.45) is 5.12. The Kier molecular flexibility index (Phi) is 4.10. The van der Waals surface area contributed by atoms with E-state index in [-0.39, 0.29) is 0 Å². The van der Waals surface area contributed by atoms with Gasteiger partial charge in [-0.05, 0) is 44.7 Å². The van der Waals surface area contributed by atoms with Crippen LogP contribution in [0.3, 0.4) is 0 Å². The smallest absolute Gasteiger partial charge is 0.414 e. The molecule has 0 spiro atoms. The second kappa shape index (κ2) is 6.04. The fraction of sp³-hybridized carbons (Fsp3) is 0.714. The number of aliphatic carboxylic acids is 2. The predicted molar refractivity (Wildman–Crippen MR) is 73.4 cm³/mol. The van der Waals surface area contributed by atoms with Crippen LogP contribution in [0.15, 0.2) is 4.52 Å². The molecule has 8 nitrogen and oxygen atoms in total. The number of carboxylic acid groups (broad SMARTS) is 2. The Morgan fingerprint density at radius 2 is 1.73 bits per heavy atom. The van der Waals surface area contributed by atoms with Crippen LogP contribution in [0.25, 0.3) is 0 Å². The first-order valence-corrected chi connectivity index (χ1v) is 7.56. The minimum atomic E-state index is -1.82. The predicted octanol–water partition coefficient (Wildman–Crippen LogP) is 0.912. The molecule has 2 bridgehead atoms. The number of aromatic nitrogens is 2. The molecule has 1 unspecified atom stereocenters. The molecule has 1 aliphatic carbocycles. The summed E-state index contributed by atoms with van der Waals surface area (Å²) >= 11 is 0. The molecular formula is C14H19N3O5. The summed E-state index contributed by atoms with van der Waals surface area (Å²) < 4.78 is 5.47. The van der Waals surface area contributed by atoms with Crippen molar-refractivity contribution in [2.45, 2.75) is 37.5 Å². The maximum absolute atomic E-state index is 9.10. The number of piperidine rings is 3. The van der Waals surface area contributed by atoms with Crippen molar-refractivity contribution in [2.75, 3.05) is 19.6 Å². The summed E-state index contributed by atoms with van der Waals surface area (Å²) in [6.45, 7) is 3.67. The molecule has 1 aromatic rings. The number of hydrogen-bond donors (Lipinski definition) is 2. The lowest BCUT2D eigenvalue weighted by Gasteiger charge is -2.43. The van der Waals surface area contributed by atoms with Crippen LogP contribution in [-0.4, -0.2) is 56.8 Å². The lowest BCUT2D eigenvalue weighted by Crippen LogP contribution is -2.46. The largest absolute Gasteiger partial charge is 0.473 e. The van der Waals surface area contributed by atoms with Gasteiger partial charge in [0.1, 0.15) is 0 Å². The van der Waals surface area contributed by atoms with Crippen molar-refractivity contribution in [3.63, 3.8) is 0 Å². The molecule has 5 rings (SSSR count). The Morgan fingerprint density at radius 1 is 1.09 bits per heavy atom. The molecule has 1 atom stereocenters. The Morgan fingerprint density at radius 3 is 2.18 bits per heavy atom. The highest BCUT2D eigenvalue weighted by molar-refractivity contribution is 6.27. The van der Waals surface area contributed by atoms with Crippen molar-refractivity contribution in [2.24, 2.45) is 5.92 Å². The number of carboxylic acids is 2. The van der Waals surface area contributed by atoms with E-state index < -0.39 is 11.9 Å². The third-order valence-corrected chi connectivity index (χ3v) is 4.56. The summed E-state index contributed by atoms with van der Waals surface area (Å²) in [5.41, 5.74) is 0. The molecule has 1 saturated carbocycles. The number of carbonyl (C=O) groups is 2. The second-order valence-corrected chi connectivity index (χ2v) is 6.12. The van der Waals surface area contributed by atoms with E-state index in [1.54, 1.807) is 0 Å². The molecule has 1 aromatic heterocycles. The average Bonchev–Trinajstić information content (AvgIpc) is 3.26. The zero-order valence-corrected chi connectivity index (χ0v) is 12.1. The topological polar surface area (TPSA) is 117 Å². The minimum Gasteiger partial charge on any atom is -0.473 e. The zero-order valence-electron chi connectivity index (χ0n) is 12.1. The molecule has 4 heterocycles. The van der Waals surface area contributed by atoms with Crippen LogP contribution in [0, 0.1) is 5.92 Å². The van der Waals surface area contributed by atoms with E-state index in [1.165, 1.54) is 38.8 Å². The highest BCUT2D eigenvalue weighted by Crippen LogP contribution is 2.41. The molecule has 8 heteroatoms. The van der Waals surface area contributed by atoms with Crippen molar-refractivity contribution < 1.29 is 24.3 Å². The summed E-state index contributed by atoms with van der Waals surface area (Å²) in [4.78, 5) is 25.3. The second-order valence-electron chi connectivity index (χ2n) is 6.12. The Labute approximate surface area is 127 Å². The molecule has 22 heavy (non-hydrogen) atoms. The van der Waals surface area contributed by atoms with Crippen molar-refractivity contribution in [1.29, 1.82) is 0 Å². The van der Waals surface area contributed by atoms with Gasteiger partial charge in [0.25, 0.3) is 0 Å². The molecule has 0 aromatic carbocycles. The van der Waals surface area contributed by atoms with Gasteiger partial charge < -0.3 is 19.6 Å². The van der Waals surface area contributed by atoms with E-state index >= 15 is 0 Å². The molecule has 4 aliphatic rings. The van der Waals surface area contributed by atoms with Crippen LogP contribution in [0.4, 0.5) is 0 Å². The SMILES string of the molecule is C1CC1c1noc(C2CN3CCC2CC3)n1.O=C(O)C(=O)O. The van der Waals surface area contributed by atoms with Crippen molar-refractivity contribution in [3.8, 4) is 0 Å². The number of hydrogen-bond acceptors (Lipinski definition) is 6. The highest BCUT2D eigenvalue weighted by atomic mass is 16.5. The third kappa shape index (κ3) is 3.27. The fourth-order valence-corrected chi connectivity index (χ4v) is 3.15. The Balaban J connectivity index is 0.000000209. The van der Waals surface area contributed by atoms with Gasteiger partial charge in [-0.15, -0.1) is 0 Å². The summed E-state index contributed by atoms with van der Waals surface area (Å²) in [6, 6.07) is 0. The summed E-state index contributed by atoms with van der Waals surface area (Å²) in [5.74, 6) is 0.145. The van der Waals surface area contributed by atoms with Gasteiger partial charge in [-0.3, -0.25) is 0 Å². The third-order valence-electron chi connectivity index (χ3n) is 4.56. The molecule has 0 radical (unpaired) electrons. The van der Waals surface area contributed by atoms with Crippen LogP contribution < -0.4 is 0 Å². The average molecular weight is 309 g/mol. The Hall–Kier alpha value is -1.96. The van der Waals surface area contributed by atoms with Gasteiger partial charge in [-0.1, -0.05) is 5.16 Å². The van der Waals surface area contributed by atoms with E-state index in [2.05, 4.69) is 15.0 Å². The van der Waals surface area contributed by atoms with E-state index in [4.69, 9.17) is 24.3 Å². The van der Waals surface area contributed by atoms with Crippen LogP contribution in [0.1, 0.15) is 49.2 Å². The molecule has 0 amide bonds. The summed E-state index contributed by atoms with van der Waals surface area (Å²) in [7, 11) is 0. The lowest BCUT2D eigenvalue weighted by atomic mass is 9.79. The number of nitrogens with zero attached hydrogens (tertiary/aromatic N) is 3. The quantitative estimate of drug-likeness (QED) is 0.774. The zero-order chi connectivity index (χ0) is 15.7. The van der Waals surface area contributed by atoms with Gasteiger partial charge in [-0.2, -0.15) is 4.98 Å². The van der Waals surface area contributed by atoms with E-state index in [0.29, 0.717) is 11.8 Å². The first kappa shape index (κ1) is 15.0. The molecule has 2 N–H and O–H groups in total. The van der Waals surface area contributed by atoms with Gasteiger partial charge in [0.05, 0.1) is 5.92 Å². The normalized spacial score (nSPS) is 29.5. The van der Waals surface area contributed by atoms with Gasteiger partial charge in [0, 0.05) is 12.5 Å². The molecular weight excluding hydrogens is 290 g/mol. The van der Waals surface area contributed by atoms with Crippen molar-refractivity contribution in [3.05, 3.63) is 11.7 Å². The van der Waals surface area contributed by atoms with E-state index in [1.807, 2.05) is 0 Å². The fourth-order valence-electron chi connectivity index (χ4n) is 3.15. The van der Waals surface area contributed by atoms with E-state index in [0.717, 1.165) is 24.2 Å². The van der Waals surface area contributed by atoms with Gasteiger partial charge >= 0.3 is 11.9 Å². The maximum Gasteiger partial charge on any atom is 0.414 e. The maximum atomic E-state index is 9.10. The standard InChI is InChI=1S/C12H17N3O.C2H2O4/c1-2-9(1)11-13-12(16-14-11)10-7-15-5-3-8(10)4-6-15;3-1(4)2(5)6/h8-10H,1-7H2;(H,3,4)(H,5,6). The van der Waals surface area contributed by atoms with Gasteiger partial charge in [0.15, 0.2) is 5.82 Å². The van der Waals surface area contributed by atoms with Crippen LogP contribution in [-0.2, 0) is 9.59 Å². The number of fused-ring (bicyclic) bond motifs is 3. The summed E-state index contributed by atoms with van der Waals surface area (Å²) in [5, 5.41) is 18.9. The monoisotopic (exact) mass is 309 g/mol. The van der Waals surface area contributed by atoms with Gasteiger partial charge in [-0.25, -0.2) is 9.59 Å². The van der Waals surface area contributed by atoms with Crippen LogP contribution in [0.2, 0.25) is 0 Å². The molecule has 3 saturated heterocycles. The molecule has 3 aliphatic heterocycles. The Bertz CT molecular complexity index is 549.